The highest BCUT2D eigenvalue weighted by Crippen LogP contribution is 2.35. The van der Waals surface area contributed by atoms with E-state index in [0.717, 1.165) is 266 Å². The molecule has 4 amide bonds. The van der Waals surface area contributed by atoms with Crippen molar-refractivity contribution in [2.75, 3.05) is 166 Å². The van der Waals surface area contributed by atoms with Gasteiger partial charge in [0.15, 0.2) is 22.8 Å². The fraction of sp³-hybridized carbons (Fsp3) is 0.339. The Morgan fingerprint density at radius 1 is 0.363 bits per heavy atom. The molecular formula is C109H121F2N29O6. The number of piperidine rings is 1. The summed E-state index contributed by atoms with van der Waals surface area (Å²) in [5, 5.41) is 53.3. The molecule has 6 fully saturated rings. The van der Waals surface area contributed by atoms with Gasteiger partial charge < -0.3 is 45.8 Å². The lowest BCUT2D eigenvalue weighted by molar-refractivity contribution is 0.0114. The van der Waals surface area contributed by atoms with Gasteiger partial charge in [-0.2, -0.15) is 20.4 Å². The number of halogens is 2. The molecule has 6 aliphatic heterocycles. The molecule has 0 atom stereocenters. The molecule has 6 saturated heterocycles. The third-order valence-corrected chi connectivity index (χ3v) is 27.0. The average Bonchev–Trinajstić information content (AvgIpc) is 1.65. The lowest BCUT2D eigenvalue weighted by atomic mass is 10.0. The number of carbonyl (C=O) groups is 4. The molecule has 18 heterocycles. The van der Waals surface area contributed by atoms with E-state index >= 15 is 0 Å². The Hall–Kier alpha value is -14.9. The van der Waals surface area contributed by atoms with Gasteiger partial charge in [0.1, 0.15) is 5.82 Å². The first-order chi connectivity index (χ1) is 71.0. The first-order valence-corrected chi connectivity index (χ1v) is 49.8. The minimum Gasteiger partial charge on any atom is -0.393 e. The number of rotatable bonds is 30. The van der Waals surface area contributed by atoms with E-state index < -0.39 is 5.92 Å². The number of benzene rings is 4. The van der Waals surface area contributed by atoms with Crippen molar-refractivity contribution in [3.8, 4) is 44.5 Å². The Balaban J connectivity index is 0.000000123. The topological polar surface area (TPSA) is 393 Å². The number of nitrogens with one attached hydrogen (secondary N) is 8. The van der Waals surface area contributed by atoms with Crippen molar-refractivity contribution in [1.82, 2.24) is 120 Å². The standard InChI is InChI=1S/C28H32F2N8O.C27H29N7O2.C27H31N7O2.C27H29N7O/c1-36(2)10-11-37(3)25-7-5-22(16-32-25)33-27(39)26-23-13-20(4-6-24(23)34-35-26)21-12-19(14-31-15-21)17-38-9-8-28(29,30)18-38;35-27(30-22-3-4-23(29-16-22)18-33-6-1-7-33)26-24-13-20(2-5-25(24)31-32-26)21-12-19(14-28-15-21)17-34-8-10-36-11-9-34;1-33(2)17-22-5-4-21(15-29-22)30-27(36)26-24-12-19(3-6-25(24)31-32-26)20-11-18(13-28-14-20)16-34-9-7-23(35)8-10-34;35-27(30-22-5-6-23(29-16-22)18-34-10-3-11-34)26-24-13-20(4-7-25(24)31-32-26)21-12-19(14-28-15-21)17-33-8-1-2-9-33/h4-7,12-16H,8-11,17-18H2,1-3H3,(H,33,39)(H,34,35);2-5,12-16H,1,6-11,17-18H2,(H,30,35)(H,31,32);3-6,11-15,23,35H,7-10,16-17H2,1-2H3,(H,30,36)(H,31,32);4-7,12-16H,1-3,8-11,17-18H2,(H,30,35)(H,31,32). The van der Waals surface area contributed by atoms with Crippen LogP contribution in [-0.2, 0) is 50.6 Å². The summed E-state index contributed by atoms with van der Waals surface area (Å²) in [5.74, 6) is -2.98. The van der Waals surface area contributed by atoms with E-state index in [4.69, 9.17) is 4.74 Å². The smallest absolute Gasteiger partial charge is 0.276 e. The van der Waals surface area contributed by atoms with Gasteiger partial charge in [0.05, 0.1) is 113 Å². The number of ether oxygens (including phenoxy) is 1. The van der Waals surface area contributed by atoms with Crippen LogP contribution >= 0.6 is 0 Å². The van der Waals surface area contributed by atoms with Crippen molar-refractivity contribution in [3.05, 3.63) is 282 Å². The third kappa shape index (κ3) is 25.9. The summed E-state index contributed by atoms with van der Waals surface area (Å²) in [6.45, 7) is 19.3. The number of anilines is 5. The van der Waals surface area contributed by atoms with Gasteiger partial charge in [-0.05, 0) is 272 Å². The van der Waals surface area contributed by atoms with Crippen LogP contribution in [0.4, 0.5) is 37.3 Å². The number of amides is 4. The number of nitrogens with zero attached hydrogens (tertiary/aromatic N) is 21. The van der Waals surface area contributed by atoms with Gasteiger partial charge in [-0.15, -0.1) is 0 Å². The molecule has 35 nitrogen and oxygen atoms in total. The molecule has 6 aliphatic rings. The van der Waals surface area contributed by atoms with E-state index in [0.29, 0.717) is 58.3 Å². The molecule has 0 bridgehead atoms. The highest BCUT2D eigenvalue weighted by atomic mass is 19.3. The fourth-order valence-corrected chi connectivity index (χ4v) is 18.7. The number of H-pyrrole nitrogens is 4. The van der Waals surface area contributed by atoms with Crippen LogP contribution in [0.2, 0.25) is 0 Å². The molecular weight excluding hydrogens is 1850 g/mol. The van der Waals surface area contributed by atoms with E-state index in [1.807, 2.05) is 205 Å². The van der Waals surface area contributed by atoms with Gasteiger partial charge in [0.25, 0.3) is 29.6 Å². The predicted molar refractivity (Wildman–Crippen MR) is 561 cm³/mol. The summed E-state index contributed by atoms with van der Waals surface area (Å²) in [4.78, 5) is 108. The highest BCUT2D eigenvalue weighted by Gasteiger charge is 2.38. The van der Waals surface area contributed by atoms with Gasteiger partial charge in [-0.1, -0.05) is 24.3 Å². The molecule has 0 radical (unpaired) electrons. The first-order valence-electron chi connectivity index (χ1n) is 49.8. The molecule has 16 aromatic rings. The number of alkyl halides is 2. The summed E-state index contributed by atoms with van der Waals surface area (Å²) in [6.07, 6.45) is 27.8. The molecule has 146 heavy (non-hydrogen) atoms. The molecule has 12 aromatic heterocycles. The fourth-order valence-electron chi connectivity index (χ4n) is 18.7. The van der Waals surface area contributed by atoms with E-state index in [2.05, 4.69) is 154 Å². The highest BCUT2D eigenvalue weighted by molar-refractivity contribution is 6.14. The minimum absolute atomic E-state index is 0.115. The normalized spacial score (nSPS) is 15.8. The Bertz CT molecular complexity index is 7190. The second-order valence-electron chi connectivity index (χ2n) is 38.9. The number of pyridine rings is 8. The zero-order valence-electron chi connectivity index (χ0n) is 82.7. The van der Waals surface area contributed by atoms with Crippen LogP contribution in [0.1, 0.15) is 126 Å². The van der Waals surface area contributed by atoms with Crippen LogP contribution < -0.4 is 26.2 Å². The van der Waals surface area contributed by atoms with E-state index in [1.54, 1.807) is 42.1 Å². The summed E-state index contributed by atoms with van der Waals surface area (Å²) in [5.41, 5.74) is 22.0. The van der Waals surface area contributed by atoms with E-state index in [-0.39, 0.29) is 48.4 Å². The number of likely N-dealkylation sites (N-methyl/N-ethyl adjacent to an activating group) is 2. The van der Waals surface area contributed by atoms with Crippen LogP contribution in [0.3, 0.4) is 0 Å². The Kier molecular flexibility index (Phi) is 31.7. The molecule has 9 N–H and O–H groups in total. The molecule has 0 saturated carbocycles. The number of carbonyl (C=O) groups excluding carboxylic acids is 4. The number of aromatic amines is 4. The minimum atomic E-state index is -2.63. The Morgan fingerprint density at radius 3 is 1.03 bits per heavy atom. The maximum Gasteiger partial charge on any atom is 0.276 e. The van der Waals surface area contributed by atoms with Crippen molar-refractivity contribution in [3.63, 3.8) is 0 Å². The zero-order valence-corrected chi connectivity index (χ0v) is 82.7. The largest absolute Gasteiger partial charge is 0.393 e. The van der Waals surface area contributed by atoms with Gasteiger partial charge in [0, 0.05) is 198 Å². The zero-order chi connectivity index (χ0) is 101. The molecule has 752 valence electrons. The third-order valence-electron chi connectivity index (χ3n) is 27.0. The molecule has 0 unspecified atom stereocenters. The summed E-state index contributed by atoms with van der Waals surface area (Å²) in [6, 6.07) is 47.2. The Labute approximate surface area is 844 Å². The van der Waals surface area contributed by atoms with Gasteiger partial charge in [-0.3, -0.25) is 104 Å². The lowest BCUT2D eigenvalue weighted by Gasteiger charge is -2.30. The lowest BCUT2D eigenvalue weighted by Crippen LogP contribution is -2.36. The van der Waals surface area contributed by atoms with Crippen molar-refractivity contribution >= 4 is 95.8 Å². The SMILES string of the molecule is CN(C)CCN(C)c1ccc(NC(=O)c2n[nH]c3ccc(-c4cncc(CN5CCC(F)(F)C5)c4)cc23)cn1.CN(C)Cc1ccc(NC(=O)c2n[nH]c3ccc(-c4cncc(CN5CCC(O)CC5)c4)cc23)cn1.O=C(Nc1ccc(CN2CCC2)nc1)c1n[nH]c2ccc(-c3cncc(CN4CCCC4)c3)cc12.O=C(Nc1ccc(CN2CCC2)nc1)c1n[nH]c2ccc(-c3cncc(CN4CCOCC4)c3)cc12. The van der Waals surface area contributed by atoms with Crippen LogP contribution in [0.5, 0.6) is 0 Å². The number of aliphatic hydroxyl groups excluding tert-OH is 1. The summed E-state index contributed by atoms with van der Waals surface area (Å²) < 4.78 is 32.6. The Morgan fingerprint density at radius 2 is 0.705 bits per heavy atom. The first kappa shape index (κ1) is 99.8. The predicted octanol–water partition coefficient (Wildman–Crippen LogP) is 14.8. The van der Waals surface area contributed by atoms with Crippen molar-refractivity contribution in [1.29, 1.82) is 0 Å². The van der Waals surface area contributed by atoms with Crippen molar-refractivity contribution in [2.45, 2.75) is 103 Å². The maximum absolute atomic E-state index is 13.6. The van der Waals surface area contributed by atoms with E-state index in [1.165, 1.54) is 31.2 Å². The van der Waals surface area contributed by atoms with Crippen LogP contribution in [-0.4, -0.2) is 301 Å². The molecule has 37 heteroatoms. The number of fused-ring (bicyclic) bond motifs is 4. The van der Waals surface area contributed by atoms with Crippen LogP contribution in [0, 0.1) is 0 Å². The maximum atomic E-state index is 13.6. The second-order valence-corrected chi connectivity index (χ2v) is 38.9. The van der Waals surface area contributed by atoms with Crippen LogP contribution in [0.15, 0.2) is 220 Å². The van der Waals surface area contributed by atoms with Crippen molar-refractivity contribution in [2.24, 2.45) is 0 Å². The van der Waals surface area contributed by atoms with Crippen LogP contribution in [0.25, 0.3) is 88.1 Å². The van der Waals surface area contributed by atoms with Gasteiger partial charge in [-0.25, -0.2) is 13.8 Å². The number of aliphatic hydroxyl groups is 1. The summed E-state index contributed by atoms with van der Waals surface area (Å²) in [7, 11) is 10.0. The molecule has 0 aliphatic carbocycles. The number of hydrogen-bond donors (Lipinski definition) is 9. The number of likely N-dealkylation sites (tertiary alicyclic amines) is 5. The number of hydrogen-bond acceptors (Lipinski definition) is 27. The van der Waals surface area contributed by atoms with Gasteiger partial charge >= 0.3 is 0 Å². The molecule has 0 spiro atoms. The van der Waals surface area contributed by atoms with Gasteiger partial charge in [0.2, 0.25) is 0 Å². The van der Waals surface area contributed by atoms with E-state index in [9.17, 15) is 33.1 Å². The van der Waals surface area contributed by atoms with Crippen molar-refractivity contribution < 1.29 is 37.8 Å². The molecule has 22 rings (SSSR count). The molecule has 4 aromatic carbocycles. The summed E-state index contributed by atoms with van der Waals surface area (Å²) >= 11 is 0. The quantitative estimate of drug-likeness (QED) is 0.0202. The monoisotopic (exact) mass is 1970 g/mol. The second kappa shape index (κ2) is 46.4. The number of aromatic nitrogens is 16. The number of morpholine rings is 1. The average molecular weight is 1970 g/mol.